The third-order valence-corrected chi connectivity index (χ3v) is 9.67. The van der Waals surface area contributed by atoms with E-state index in [-0.39, 0.29) is 0 Å². The Hall–Kier alpha value is -1.27. The van der Waals surface area contributed by atoms with E-state index in [0.29, 0.717) is 4.64 Å². The maximum atomic E-state index is 5.27. The normalized spacial score (nSPS) is 10.4. The number of benzene rings is 1. The van der Waals surface area contributed by atoms with Crippen molar-refractivity contribution in [3.63, 3.8) is 0 Å². The van der Waals surface area contributed by atoms with Crippen molar-refractivity contribution in [2.24, 2.45) is 0 Å². The molecule has 0 aliphatic carbocycles. The van der Waals surface area contributed by atoms with Gasteiger partial charge in [0.05, 0.1) is 0 Å². The minimum absolute atomic E-state index is 0.611. The van der Waals surface area contributed by atoms with Gasteiger partial charge in [0.1, 0.15) is 0 Å². The van der Waals surface area contributed by atoms with Crippen molar-refractivity contribution < 1.29 is 29.6 Å². The second-order valence-electron chi connectivity index (χ2n) is 4.13. The molecule has 0 saturated heterocycles. The van der Waals surface area contributed by atoms with E-state index in [0.717, 1.165) is 16.9 Å². The zero-order chi connectivity index (χ0) is 13.2. The van der Waals surface area contributed by atoms with Crippen LogP contribution in [0, 0.1) is 4.64 Å². The molecule has 0 amide bonds. The Labute approximate surface area is 127 Å². The van der Waals surface area contributed by atoms with Crippen molar-refractivity contribution in [2.75, 3.05) is 7.11 Å². The molecular weight excluding hydrogens is 449 g/mol. The molecule has 2 heterocycles. The first-order chi connectivity index (χ1) is 9.28. The van der Waals surface area contributed by atoms with Crippen LogP contribution < -0.4 is 7.81 Å². The summed E-state index contributed by atoms with van der Waals surface area (Å²) >= 11 is 3.76. The van der Waals surface area contributed by atoms with Crippen molar-refractivity contribution in [1.29, 1.82) is 0 Å². The average Bonchev–Trinajstić information content (AvgIpc) is 2.84. The zero-order valence-electron chi connectivity index (χ0n) is 10.3. The molecule has 92 valence electrons. The fourth-order valence-corrected chi connectivity index (χ4v) is 8.36. The molecule has 3 rings (SSSR count). The van der Waals surface area contributed by atoms with Gasteiger partial charge in [-0.25, -0.2) is 0 Å². The molecule has 0 aliphatic heterocycles. The topological polar surface area (TPSA) is 55.7 Å². The van der Waals surface area contributed by atoms with E-state index in [2.05, 4.69) is 29.4 Å². The fourth-order valence-electron chi connectivity index (χ4n) is 1.97. The quantitative estimate of drug-likeness (QED) is 0.479. The zero-order valence-corrected chi connectivity index (χ0v) is 16.6. The van der Waals surface area contributed by atoms with Crippen LogP contribution >= 0.6 is 12.2 Å². The van der Waals surface area contributed by atoms with Gasteiger partial charge in [0.15, 0.2) is 0 Å². The Morgan fingerprint density at radius 1 is 1.26 bits per heavy atom. The van der Waals surface area contributed by atoms with E-state index in [4.69, 9.17) is 17.0 Å². The number of ether oxygens (including phenoxy) is 1. The Kier molecular flexibility index (Phi) is 3.61. The molecule has 19 heavy (non-hydrogen) atoms. The average molecular weight is 459 g/mol. The van der Waals surface area contributed by atoms with Crippen molar-refractivity contribution in [3.8, 4) is 5.75 Å². The summed E-state index contributed by atoms with van der Waals surface area (Å²) in [6.45, 7) is 0. The van der Waals surface area contributed by atoms with Gasteiger partial charge in [-0.05, 0) is 0 Å². The molecule has 0 fully saturated rings. The second-order valence-corrected chi connectivity index (χ2v) is 11.6. The van der Waals surface area contributed by atoms with Gasteiger partial charge < -0.3 is 0 Å². The molecular formula is C12H10HgN4OS. The molecule has 0 unspecified atom stereocenters. The van der Waals surface area contributed by atoms with Gasteiger partial charge in [-0.1, -0.05) is 0 Å². The fraction of sp³-hybridized carbons (Fsp3) is 0.0833. The Morgan fingerprint density at radius 2 is 2.05 bits per heavy atom. The number of H-pyrrole nitrogens is 1. The molecule has 3 aromatic rings. The van der Waals surface area contributed by atoms with Crippen molar-refractivity contribution in [1.82, 2.24) is 17.3 Å². The van der Waals surface area contributed by atoms with Crippen LogP contribution in [0.5, 0.6) is 5.75 Å². The summed E-state index contributed by atoms with van der Waals surface area (Å²) in [6, 6.07) is 8.23. The molecule has 2 aromatic heterocycles. The van der Waals surface area contributed by atoms with Gasteiger partial charge in [-0.2, -0.15) is 0 Å². The molecule has 1 aromatic carbocycles. The van der Waals surface area contributed by atoms with Crippen LogP contribution in [-0.2, 0) is 24.9 Å². The molecule has 0 spiro atoms. The van der Waals surface area contributed by atoms with Crippen LogP contribution in [0.3, 0.4) is 0 Å². The van der Waals surface area contributed by atoms with Crippen LogP contribution in [-0.4, -0.2) is 24.4 Å². The summed E-state index contributed by atoms with van der Waals surface area (Å²) in [5, 5.41) is 0. The molecule has 0 bridgehead atoms. The number of aromatic nitrogens is 4. The van der Waals surface area contributed by atoms with E-state index in [1.807, 2.05) is 18.5 Å². The van der Waals surface area contributed by atoms with E-state index < -0.39 is 24.9 Å². The molecule has 0 radical (unpaired) electrons. The number of hydrogen-bond donors (Lipinski definition) is 1. The van der Waals surface area contributed by atoms with Gasteiger partial charge in [0, 0.05) is 0 Å². The number of aromatic amines is 1. The SMILES string of the molecule is COc1cc[c]([Hg][n]2cnc3[nH]cnc(=S)c32)cc1. The molecule has 1 N–H and O–H groups in total. The van der Waals surface area contributed by atoms with E-state index in [1.165, 1.54) is 3.07 Å². The predicted molar refractivity (Wildman–Crippen MR) is 70.7 cm³/mol. The minimum atomic E-state index is -1.52. The van der Waals surface area contributed by atoms with Crippen LogP contribution in [0.25, 0.3) is 11.2 Å². The third kappa shape index (κ3) is 2.55. The number of fused-ring (bicyclic) bond motifs is 1. The standard InChI is InChI=1S/C7H7O.C5H4N4S.Hg/c1-8-7-5-3-2-4-6-7;10-5-3-4(7-1-6-3)8-2-9-5;/h3-6H,1H3;1-2H,(H2,6,7,8,9,10);/q;;+1/p-1. The van der Waals surface area contributed by atoms with Crippen LogP contribution in [0.2, 0.25) is 0 Å². The number of imidazole rings is 1. The van der Waals surface area contributed by atoms with E-state index in [1.54, 1.807) is 13.4 Å². The molecule has 7 heteroatoms. The van der Waals surface area contributed by atoms with Crippen LogP contribution in [0.1, 0.15) is 0 Å². The van der Waals surface area contributed by atoms with Gasteiger partial charge in [0.2, 0.25) is 0 Å². The summed E-state index contributed by atoms with van der Waals surface area (Å²) in [5.41, 5.74) is 1.77. The predicted octanol–water partition coefficient (Wildman–Crippen LogP) is 1.67. The Balaban J connectivity index is 1.98. The third-order valence-electron chi connectivity index (χ3n) is 2.94. The summed E-state index contributed by atoms with van der Waals surface area (Å²) in [6.07, 6.45) is 3.46. The maximum absolute atomic E-state index is 5.27. The first kappa shape index (κ1) is 12.7. The van der Waals surface area contributed by atoms with E-state index >= 15 is 0 Å². The number of hydrogen-bond acceptors (Lipinski definition) is 4. The van der Waals surface area contributed by atoms with Gasteiger partial charge in [-0.3, -0.25) is 0 Å². The van der Waals surface area contributed by atoms with Crippen molar-refractivity contribution in [3.05, 3.63) is 41.6 Å². The van der Waals surface area contributed by atoms with Crippen molar-refractivity contribution in [2.45, 2.75) is 0 Å². The molecule has 5 nitrogen and oxygen atoms in total. The first-order valence-electron chi connectivity index (χ1n) is 5.79. The second kappa shape index (κ2) is 5.38. The van der Waals surface area contributed by atoms with Gasteiger partial charge in [0.25, 0.3) is 0 Å². The Bertz CT molecular complexity index is 765. The summed E-state index contributed by atoms with van der Waals surface area (Å²) in [7, 11) is 1.67. The molecule has 0 atom stereocenters. The van der Waals surface area contributed by atoms with Crippen LogP contribution in [0.15, 0.2) is 36.9 Å². The number of nitrogens with one attached hydrogen (secondary N) is 1. The summed E-state index contributed by atoms with van der Waals surface area (Å²) < 4.78 is 9.36. The van der Waals surface area contributed by atoms with Gasteiger partial charge >= 0.3 is 128 Å². The van der Waals surface area contributed by atoms with Gasteiger partial charge in [-0.15, -0.1) is 0 Å². The monoisotopic (exact) mass is 460 g/mol. The number of methoxy groups -OCH3 is 1. The van der Waals surface area contributed by atoms with E-state index in [9.17, 15) is 0 Å². The summed E-state index contributed by atoms with van der Waals surface area (Å²) in [4.78, 5) is 11.5. The first-order valence-corrected chi connectivity index (χ1v) is 11.4. The molecule has 0 aliphatic rings. The van der Waals surface area contributed by atoms with Crippen molar-refractivity contribution >= 4 is 26.5 Å². The number of rotatable bonds is 3. The summed E-state index contributed by atoms with van der Waals surface area (Å²) in [5.74, 6) is 0.881. The Morgan fingerprint density at radius 3 is 2.79 bits per heavy atom. The number of nitrogens with zero attached hydrogens (tertiary/aromatic N) is 3. The molecule has 0 saturated carbocycles. The van der Waals surface area contributed by atoms with Crippen LogP contribution in [0.4, 0.5) is 0 Å².